The number of nitriles is 1. The maximum atomic E-state index is 10.6. The minimum Gasteiger partial charge on any atom is -0.260 e. The lowest BCUT2D eigenvalue weighted by atomic mass is 10.2. The van der Waals surface area contributed by atoms with Gasteiger partial charge in [-0.15, -0.1) is 0 Å². The Balaban J connectivity index is 2.18. The molecule has 0 saturated heterocycles. The SMILES string of the molecule is N#Cc1c(Cl)nc(N/N=C/c2ccc([N+](=O)[O-])cc2)c(Cl)c1Cl. The summed E-state index contributed by atoms with van der Waals surface area (Å²) < 4.78 is 0. The largest absolute Gasteiger partial charge is 0.269 e. The summed E-state index contributed by atoms with van der Waals surface area (Å²) in [7, 11) is 0. The van der Waals surface area contributed by atoms with Crippen molar-refractivity contribution in [2.45, 2.75) is 0 Å². The van der Waals surface area contributed by atoms with E-state index in [1.54, 1.807) is 6.07 Å². The number of rotatable bonds is 4. The van der Waals surface area contributed by atoms with E-state index in [1.165, 1.54) is 30.5 Å². The van der Waals surface area contributed by atoms with Crippen LogP contribution in [0.4, 0.5) is 11.5 Å². The normalized spacial score (nSPS) is 10.5. The number of hydrogen-bond acceptors (Lipinski definition) is 6. The fourth-order valence-corrected chi connectivity index (χ4v) is 2.20. The van der Waals surface area contributed by atoms with E-state index in [0.29, 0.717) is 5.56 Å². The molecule has 0 aliphatic heterocycles. The number of nitro groups is 1. The summed E-state index contributed by atoms with van der Waals surface area (Å²) in [6.45, 7) is 0. The zero-order valence-electron chi connectivity index (χ0n) is 11.1. The van der Waals surface area contributed by atoms with Crippen LogP contribution < -0.4 is 5.43 Å². The van der Waals surface area contributed by atoms with Crippen LogP contribution in [0.15, 0.2) is 29.4 Å². The van der Waals surface area contributed by atoms with Crippen molar-refractivity contribution < 1.29 is 4.92 Å². The van der Waals surface area contributed by atoms with E-state index >= 15 is 0 Å². The molecule has 0 saturated carbocycles. The molecule has 1 aromatic heterocycles. The fraction of sp³-hybridized carbons (Fsp3) is 0. The molecule has 0 unspecified atom stereocenters. The number of nitrogens with one attached hydrogen (secondary N) is 1. The standard InChI is InChI=1S/C13H6Cl3N5O2/c14-10-9(5-17)12(16)19-13(11(10)15)20-18-6-7-1-3-8(4-2-7)21(22)23/h1-4,6H,(H,19,20)/b18-6+. The van der Waals surface area contributed by atoms with Crippen molar-refractivity contribution in [2.24, 2.45) is 5.10 Å². The zero-order valence-corrected chi connectivity index (χ0v) is 13.4. The second-order valence-corrected chi connectivity index (χ2v) is 5.20. The summed E-state index contributed by atoms with van der Waals surface area (Å²) in [6, 6.07) is 7.54. The van der Waals surface area contributed by atoms with Gasteiger partial charge in [-0.1, -0.05) is 34.8 Å². The summed E-state index contributed by atoms with van der Waals surface area (Å²) in [5.74, 6) is 0.0822. The number of benzene rings is 1. The summed E-state index contributed by atoms with van der Waals surface area (Å²) in [5.41, 5.74) is 3.11. The number of pyridine rings is 1. The molecule has 2 rings (SSSR count). The Labute approximate surface area is 145 Å². The average molecular weight is 371 g/mol. The van der Waals surface area contributed by atoms with Gasteiger partial charge in [0.05, 0.1) is 16.2 Å². The third-order valence-electron chi connectivity index (χ3n) is 2.64. The molecule has 0 radical (unpaired) electrons. The molecule has 1 N–H and O–H groups in total. The lowest BCUT2D eigenvalue weighted by Crippen LogP contribution is -1.98. The van der Waals surface area contributed by atoms with Crippen LogP contribution in [0.25, 0.3) is 0 Å². The van der Waals surface area contributed by atoms with Gasteiger partial charge in [-0.05, 0) is 17.7 Å². The number of aromatic nitrogens is 1. The van der Waals surface area contributed by atoms with Crippen LogP contribution in [0.2, 0.25) is 15.2 Å². The number of nitro benzene ring substituents is 1. The highest BCUT2D eigenvalue weighted by molar-refractivity contribution is 6.45. The third-order valence-corrected chi connectivity index (χ3v) is 3.75. The van der Waals surface area contributed by atoms with Gasteiger partial charge in [0.25, 0.3) is 5.69 Å². The van der Waals surface area contributed by atoms with Crippen LogP contribution in [-0.2, 0) is 0 Å². The predicted molar refractivity (Wildman–Crippen MR) is 88.3 cm³/mol. The first-order valence-corrected chi connectivity index (χ1v) is 7.05. The lowest BCUT2D eigenvalue weighted by Gasteiger charge is -2.06. The van der Waals surface area contributed by atoms with Crippen molar-refractivity contribution in [2.75, 3.05) is 5.43 Å². The highest BCUT2D eigenvalue weighted by Crippen LogP contribution is 2.34. The van der Waals surface area contributed by atoms with E-state index < -0.39 is 4.92 Å². The highest BCUT2D eigenvalue weighted by atomic mass is 35.5. The Hall–Kier alpha value is -2.40. The molecule has 7 nitrogen and oxygen atoms in total. The van der Waals surface area contributed by atoms with Crippen molar-refractivity contribution in [3.05, 3.63) is 60.7 Å². The first kappa shape index (κ1) is 17.0. The van der Waals surface area contributed by atoms with E-state index in [9.17, 15) is 10.1 Å². The zero-order chi connectivity index (χ0) is 17.0. The van der Waals surface area contributed by atoms with Crippen LogP contribution >= 0.6 is 34.8 Å². The third kappa shape index (κ3) is 3.87. The van der Waals surface area contributed by atoms with Crippen LogP contribution in [0.1, 0.15) is 11.1 Å². The van der Waals surface area contributed by atoms with E-state index in [4.69, 9.17) is 40.1 Å². The van der Waals surface area contributed by atoms with Gasteiger partial charge >= 0.3 is 0 Å². The molecule has 10 heteroatoms. The van der Waals surface area contributed by atoms with Crippen molar-refractivity contribution in [1.29, 1.82) is 5.26 Å². The molecule has 0 atom stereocenters. The minimum atomic E-state index is -0.496. The Kier molecular flexibility index (Phi) is 5.34. The van der Waals surface area contributed by atoms with Crippen molar-refractivity contribution in [3.63, 3.8) is 0 Å². The van der Waals surface area contributed by atoms with Crippen LogP contribution in [-0.4, -0.2) is 16.1 Å². The monoisotopic (exact) mass is 369 g/mol. The number of hydrogen-bond donors (Lipinski definition) is 1. The number of non-ortho nitro benzene ring substituents is 1. The molecule has 0 spiro atoms. The van der Waals surface area contributed by atoms with E-state index in [2.05, 4.69) is 15.5 Å². The molecule has 0 bridgehead atoms. The maximum Gasteiger partial charge on any atom is 0.269 e. The van der Waals surface area contributed by atoms with E-state index in [-0.39, 0.29) is 32.3 Å². The predicted octanol–water partition coefficient (Wildman–Crippen LogP) is 4.27. The quantitative estimate of drug-likeness (QED) is 0.374. The van der Waals surface area contributed by atoms with Crippen molar-refractivity contribution in [3.8, 4) is 6.07 Å². The number of nitrogens with zero attached hydrogens (tertiary/aromatic N) is 4. The molecule has 0 fully saturated rings. The Morgan fingerprint density at radius 2 is 1.91 bits per heavy atom. The summed E-state index contributed by atoms with van der Waals surface area (Å²) in [5, 5.41) is 23.2. The van der Waals surface area contributed by atoms with Gasteiger partial charge in [0.2, 0.25) is 0 Å². The summed E-state index contributed by atoms with van der Waals surface area (Å²) >= 11 is 17.7. The van der Waals surface area contributed by atoms with Gasteiger partial charge in [0.1, 0.15) is 16.7 Å². The molecule has 0 aliphatic rings. The van der Waals surface area contributed by atoms with E-state index in [0.717, 1.165) is 0 Å². The second kappa shape index (κ2) is 7.24. The topological polar surface area (TPSA) is 104 Å². The Bertz CT molecular complexity index is 831. The van der Waals surface area contributed by atoms with Gasteiger partial charge in [0, 0.05) is 12.1 Å². The number of hydrazone groups is 1. The second-order valence-electron chi connectivity index (χ2n) is 4.08. The number of anilines is 1. The average Bonchev–Trinajstić information content (AvgIpc) is 2.53. The Morgan fingerprint density at radius 3 is 2.48 bits per heavy atom. The molecule has 2 aromatic rings. The van der Waals surface area contributed by atoms with Crippen LogP contribution in [0.5, 0.6) is 0 Å². The maximum absolute atomic E-state index is 10.6. The summed E-state index contributed by atoms with van der Waals surface area (Å²) in [4.78, 5) is 13.9. The van der Waals surface area contributed by atoms with Crippen molar-refractivity contribution >= 4 is 52.5 Å². The van der Waals surface area contributed by atoms with Crippen LogP contribution in [0.3, 0.4) is 0 Å². The lowest BCUT2D eigenvalue weighted by molar-refractivity contribution is -0.384. The van der Waals surface area contributed by atoms with Crippen LogP contribution in [0, 0.1) is 21.4 Å². The summed E-state index contributed by atoms with van der Waals surface area (Å²) in [6.07, 6.45) is 1.40. The molecule has 116 valence electrons. The first-order chi connectivity index (χ1) is 10.9. The molecular formula is C13H6Cl3N5O2. The molecule has 23 heavy (non-hydrogen) atoms. The molecule has 0 aliphatic carbocycles. The Morgan fingerprint density at radius 1 is 1.26 bits per heavy atom. The molecule has 0 amide bonds. The van der Waals surface area contributed by atoms with Gasteiger partial charge < -0.3 is 0 Å². The molecular weight excluding hydrogens is 365 g/mol. The van der Waals surface area contributed by atoms with Gasteiger partial charge in [-0.2, -0.15) is 10.4 Å². The molecule has 1 heterocycles. The first-order valence-electron chi connectivity index (χ1n) is 5.92. The highest BCUT2D eigenvalue weighted by Gasteiger charge is 2.15. The minimum absolute atomic E-state index is 0.00784. The fourth-order valence-electron chi connectivity index (χ4n) is 1.53. The van der Waals surface area contributed by atoms with Gasteiger partial charge in [-0.25, -0.2) is 4.98 Å². The van der Waals surface area contributed by atoms with Crippen molar-refractivity contribution in [1.82, 2.24) is 4.98 Å². The molecule has 1 aromatic carbocycles. The van der Waals surface area contributed by atoms with Gasteiger partial charge in [0.15, 0.2) is 11.0 Å². The van der Waals surface area contributed by atoms with E-state index in [1.807, 2.05) is 0 Å². The van der Waals surface area contributed by atoms with Gasteiger partial charge in [-0.3, -0.25) is 15.5 Å². The number of halogens is 3. The smallest absolute Gasteiger partial charge is 0.260 e.